The van der Waals surface area contributed by atoms with Crippen molar-refractivity contribution in [2.75, 3.05) is 23.7 Å². The Bertz CT molecular complexity index is 1380. The summed E-state index contributed by atoms with van der Waals surface area (Å²) in [5.41, 5.74) is 2.28. The van der Waals surface area contributed by atoms with Crippen LogP contribution >= 0.6 is 0 Å². The molecule has 1 amide bonds. The van der Waals surface area contributed by atoms with Crippen LogP contribution in [0.5, 0.6) is 0 Å². The van der Waals surface area contributed by atoms with Crippen molar-refractivity contribution in [2.24, 2.45) is 0 Å². The highest BCUT2D eigenvalue weighted by molar-refractivity contribution is 5.99. The first-order chi connectivity index (χ1) is 17.5. The molecule has 0 saturated heterocycles. The standard InChI is InChI=1S/C27H31FN8O/c1-6-30-24(37)18-14-31-25(33-17-7-8-19-16(13-17)11-12-32-27(19,4)5)36-23(18)35-21-10-9-20(28)22(34-21)26(2,3)15-29/h7-10,13-14,32H,6,11-12H2,1-5H3,(H,30,37)(H2,31,33,34,35,36). The van der Waals surface area contributed by atoms with E-state index in [0.717, 1.165) is 18.7 Å². The lowest BCUT2D eigenvalue weighted by molar-refractivity contribution is 0.0956. The van der Waals surface area contributed by atoms with Gasteiger partial charge < -0.3 is 21.3 Å². The Labute approximate surface area is 215 Å². The predicted molar refractivity (Wildman–Crippen MR) is 141 cm³/mol. The summed E-state index contributed by atoms with van der Waals surface area (Å²) in [4.78, 5) is 25.9. The van der Waals surface area contributed by atoms with Crippen LogP contribution in [0.3, 0.4) is 0 Å². The summed E-state index contributed by atoms with van der Waals surface area (Å²) < 4.78 is 14.4. The Morgan fingerprint density at radius 1 is 1.22 bits per heavy atom. The topological polar surface area (TPSA) is 128 Å². The predicted octanol–water partition coefficient (Wildman–Crippen LogP) is 4.43. The number of aromatic nitrogens is 3. The Hall–Kier alpha value is -4.10. The Kier molecular flexibility index (Phi) is 7.09. The van der Waals surface area contributed by atoms with Gasteiger partial charge in [0.15, 0.2) is 0 Å². The molecule has 9 nitrogen and oxygen atoms in total. The Balaban J connectivity index is 1.68. The third kappa shape index (κ3) is 5.52. The molecule has 0 aliphatic carbocycles. The van der Waals surface area contributed by atoms with E-state index in [2.05, 4.69) is 68.3 Å². The highest BCUT2D eigenvalue weighted by Crippen LogP contribution is 2.31. The van der Waals surface area contributed by atoms with Crippen molar-refractivity contribution in [3.63, 3.8) is 0 Å². The minimum atomic E-state index is -1.14. The molecule has 1 aliphatic heterocycles. The van der Waals surface area contributed by atoms with E-state index in [0.29, 0.717) is 6.54 Å². The molecule has 0 bridgehead atoms. The highest BCUT2D eigenvalue weighted by atomic mass is 19.1. The summed E-state index contributed by atoms with van der Waals surface area (Å²) in [5, 5.41) is 21.9. The van der Waals surface area contributed by atoms with Crippen molar-refractivity contribution in [3.8, 4) is 6.07 Å². The molecule has 4 rings (SSSR count). The normalized spacial score (nSPS) is 14.3. The molecule has 192 valence electrons. The van der Waals surface area contributed by atoms with Gasteiger partial charge in [0.2, 0.25) is 5.95 Å². The van der Waals surface area contributed by atoms with Crippen molar-refractivity contribution in [2.45, 2.75) is 52.0 Å². The minimum absolute atomic E-state index is 0.00145. The molecular formula is C27H31FN8O. The lowest BCUT2D eigenvalue weighted by Gasteiger charge is -2.34. The van der Waals surface area contributed by atoms with Gasteiger partial charge in [-0.25, -0.2) is 14.4 Å². The first-order valence-corrected chi connectivity index (χ1v) is 12.2. The van der Waals surface area contributed by atoms with Crippen molar-refractivity contribution >= 4 is 29.2 Å². The summed E-state index contributed by atoms with van der Waals surface area (Å²) in [6.45, 7) is 10.6. The van der Waals surface area contributed by atoms with Crippen LogP contribution in [0.2, 0.25) is 0 Å². The fourth-order valence-electron chi connectivity index (χ4n) is 4.31. The first-order valence-electron chi connectivity index (χ1n) is 12.2. The number of nitrogens with one attached hydrogen (secondary N) is 4. The van der Waals surface area contributed by atoms with Crippen LogP contribution in [-0.2, 0) is 17.4 Å². The minimum Gasteiger partial charge on any atom is -0.352 e. The molecule has 4 N–H and O–H groups in total. The van der Waals surface area contributed by atoms with Gasteiger partial charge in [-0.05, 0) is 83.0 Å². The molecule has 0 spiro atoms. The van der Waals surface area contributed by atoms with E-state index in [-0.39, 0.29) is 40.3 Å². The zero-order valence-corrected chi connectivity index (χ0v) is 21.7. The number of pyridine rings is 1. The Morgan fingerprint density at radius 3 is 2.73 bits per heavy atom. The maximum absolute atomic E-state index is 14.4. The number of benzene rings is 1. The lowest BCUT2D eigenvalue weighted by atomic mass is 9.85. The van der Waals surface area contributed by atoms with Gasteiger partial charge >= 0.3 is 0 Å². The maximum atomic E-state index is 14.4. The smallest absolute Gasteiger partial charge is 0.256 e. The van der Waals surface area contributed by atoms with Crippen molar-refractivity contribution in [3.05, 3.63) is 64.7 Å². The number of nitriles is 1. The van der Waals surface area contributed by atoms with E-state index >= 15 is 0 Å². The van der Waals surface area contributed by atoms with E-state index in [1.165, 1.54) is 29.5 Å². The second-order valence-corrected chi connectivity index (χ2v) is 10.0. The number of fused-ring (bicyclic) bond motifs is 1. The number of rotatable bonds is 7. The summed E-state index contributed by atoms with van der Waals surface area (Å²) in [7, 11) is 0. The summed E-state index contributed by atoms with van der Waals surface area (Å²) in [6.07, 6.45) is 2.34. The molecule has 1 aromatic carbocycles. The van der Waals surface area contributed by atoms with Crippen molar-refractivity contribution < 1.29 is 9.18 Å². The zero-order valence-electron chi connectivity index (χ0n) is 21.7. The number of hydrogen-bond donors (Lipinski definition) is 4. The summed E-state index contributed by atoms with van der Waals surface area (Å²) in [5.74, 6) is -0.218. The average molecular weight is 503 g/mol. The van der Waals surface area contributed by atoms with Crippen LogP contribution in [0, 0.1) is 17.1 Å². The SMILES string of the molecule is CCNC(=O)c1cnc(Nc2ccc3c(c2)CCNC3(C)C)nc1Nc1ccc(F)c(C(C)(C)C#N)n1. The molecule has 0 saturated carbocycles. The molecular weight excluding hydrogens is 471 g/mol. The van der Waals surface area contributed by atoms with E-state index in [9.17, 15) is 14.4 Å². The van der Waals surface area contributed by atoms with Crippen molar-refractivity contribution in [1.29, 1.82) is 5.26 Å². The van der Waals surface area contributed by atoms with Crippen molar-refractivity contribution in [1.82, 2.24) is 25.6 Å². The third-order valence-electron chi connectivity index (χ3n) is 6.33. The van der Waals surface area contributed by atoms with Gasteiger partial charge in [-0.1, -0.05) is 6.07 Å². The summed E-state index contributed by atoms with van der Waals surface area (Å²) in [6, 6.07) is 10.9. The van der Waals surface area contributed by atoms with E-state index < -0.39 is 11.2 Å². The van der Waals surface area contributed by atoms with Gasteiger partial charge in [0.05, 0.1) is 17.2 Å². The number of carbonyl (C=O) groups is 1. The quantitative estimate of drug-likeness (QED) is 0.374. The molecule has 3 heterocycles. The fraction of sp³-hybridized carbons (Fsp3) is 0.370. The van der Waals surface area contributed by atoms with Gasteiger partial charge in [0.25, 0.3) is 5.91 Å². The van der Waals surface area contributed by atoms with Crippen LogP contribution in [0.4, 0.5) is 27.7 Å². The van der Waals surface area contributed by atoms with Gasteiger partial charge in [0.1, 0.15) is 23.0 Å². The van der Waals surface area contributed by atoms with E-state index in [4.69, 9.17) is 0 Å². The highest BCUT2D eigenvalue weighted by Gasteiger charge is 2.28. The maximum Gasteiger partial charge on any atom is 0.256 e. The van der Waals surface area contributed by atoms with Gasteiger partial charge in [0, 0.05) is 24.0 Å². The van der Waals surface area contributed by atoms with Crippen LogP contribution < -0.4 is 21.3 Å². The number of nitrogens with zero attached hydrogens (tertiary/aromatic N) is 4. The van der Waals surface area contributed by atoms with Crippen LogP contribution in [-0.4, -0.2) is 33.9 Å². The molecule has 0 unspecified atom stereocenters. The fourth-order valence-corrected chi connectivity index (χ4v) is 4.31. The van der Waals surface area contributed by atoms with Crippen LogP contribution in [0.15, 0.2) is 36.5 Å². The molecule has 0 fully saturated rings. The van der Waals surface area contributed by atoms with Gasteiger partial charge in [-0.3, -0.25) is 4.79 Å². The number of anilines is 4. The number of hydrogen-bond acceptors (Lipinski definition) is 8. The second-order valence-electron chi connectivity index (χ2n) is 10.0. The molecule has 0 atom stereocenters. The Morgan fingerprint density at radius 2 is 2.00 bits per heavy atom. The third-order valence-corrected chi connectivity index (χ3v) is 6.33. The molecule has 10 heteroatoms. The molecule has 0 radical (unpaired) electrons. The number of carbonyl (C=O) groups excluding carboxylic acids is 1. The average Bonchev–Trinajstić information content (AvgIpc) is 2.85. The molecule has 2 aromatic heterocycles. The first kappa shape index (κ1) is 26.0. The van der Waals surface area contributed by atoms with Crippen LogP contribution in [0.1, 0.15) is 61.8 Å². The molecule has 37 heavy (non-hydrogen) atoms. The number of halogens is 1. The van der Waals surface area contributed by atoms with Gasteiger partial charge in [-0.15, -0.1) is 0 Å². The van der Waals surface area contributed by atoms with E-state index in [1.54, 1.807) is 13.8 Å². The van der Waals surface area contributed by atoms with Crippen LogP contribution in [0.25, 0.3) is 0 Å². The zero-order chi connectivity index (χ0) is 26.8. The second kappa shape index (κ2) is 10.1. The lowest BCUT2D eigenvalue weighted by Crippen LogP contribution is -2.42. The number of amides is 1. The van der Waals surface area contributed by atoms with Gasteiger partial charge in [-0.2, -0.15) is 10.2 Å². The van der Waals surface area contributed by atoms with E-state index in [1.807, 2.05) is 13.0 Å². The largest absolute Gasteiger partial charge is 0.352 e. The molecule has 3 aromatic rings. The summed E-state index contributed by atoms with van der Waals surface area (Å²) >= 11 is 0. The molecule has 1 aliphatic rings. The monoisotopic (exact) mass is 502 g/mol.